The first kappa shape index (κ1) is 16.2. The molecule has 0 fully saturated rings. The number of nitrogens with one attached hydrogen (secondary N) is 2. The maximum Gasteiger partial charge on any atom is 0.296 e. The second-order valence-corrected chi connectivity index (χ2v) is 6.39. The minimum absolute atomic E-state index is 0.147. The number of fused-ring (bicyclic) bond motifs is 1. The molecule has 24 heavy (non-hydrogen) atoms. The van der Waals surface area contributed by atoms with Crippen LogP contribution >= 0.6 is 0 Å². The molecule has 3 aromatic rings. The van der Waals surface area contributed by atoms with Crippen LogP contribution in [0.4, 0.5) is 14.5 Å². The summed E-state index contributed by atoms with van der Waals surface area (Å²) in [7, 11) is -2.60. The number of H-pyrrole nitrogens is 1. The van der Waals surface area contributed by atoms with Crippen LogP contribution in [0.25, 0.3) is 22.2 Å². The van der Waals surface area contributed by atoms with Gasteiger partial charge in [0.2, 0.25) is 0 Å². The summed E-state index contributed by atoms with van der Waals surface area (Å²) >= 11 is 0. The summed E-state index contributed by atoms with van der Waals surface area (Å²) in [5.41, 5.74) is 1.70. The molecule has 1 aromatic heterocycles. The number of methoxy groups -OCH3 is 1. The van der Waals surface area contributed by atoms with E-state index in [2.05, 4.69) is 9.71 Å². The normalized spacial score (nSPS) is 11.7. The summed E-state index contributed by atoms with van der Waals surface area (Å²) < 4.78 is 56.4. The number of halogens is 2. The van der Waals surface area contributed by atoms with Crippen molar-refractivity contribution in [1.82, 2.24) is 4.98 Å². The van der Waals surface area contributed by atoms with Crippen molar-refractivity contribution in [2.24, 2.45) is 5.14 Å². The van der Waals surface area contributed by atoms with E-state index in [-0.39, 0.29) is 11.4 Å². The highest BCUT2D eigenvalue weighted by Gasteiger charge is 2.13. The number of nitrogens with two attached hydrogens (primary N) is 1. The summed E-state index contributed by atoms with van der Waals surface area (Å²) in [6.45, 7) is 0. The van der Waals surface area contributed by atoms with Gasteiger partial charge in [0.25, 0.3) is 10.2 Å². The first-order valence-corrected chi connectivity index (χ1v) is 8.28. The smallest absolute Gasteiger partial charge is 0.296 e. The third-order valence-corrected chi connectivity index (χ3v) is 3.93. The molecule has 0 saturated carbocycles. The van der Waals surface area contributed by atoms with E-state index in [1.165, 1.54) is 13.2 Å². The monoisotopic (exact) mass is 353 g/mol. The Bertz CT molecular complexity index is 993. The van der Waals surface area contributed by atoms with Gasteiger partial charge in [0.1, 0.15) is 5.75 Å². The lowest BCUT2D eigenvalue weighted by molar-refractivity contribution is 0.417. The predicted octanol–water partition coefficient (Wildman–Crippen LogP) is 2.74. The number of benzene rings is 2. The second-order valence-electron chi connectivity index (χ2n) is 5.10. The van der Waals surface area contributed by atoms with Gasteiger partial charge < -0.3 is 9.72 Å². The van der Waals surface area contributed by atoms with Gasteiger partial charge in [-0.1, -0.05) is 0 Å². The Balaban J connectivity index is 2.10. The first-order valence-electron chi connectivity index (χ1n) is 6.73. The summed E-state index contributed by atoms with van der Waals surface area (Å²) in [5.74, 6) is -1.62. The summed E-state index contributed by atoms with van der Waals surface area (Å²) in [6, 6.07) is 8.49. The van der Waals surface area contributed by atoms with Crippen molar-refractivity contribution in [2.45, 2.75) is 0 Å². The zero-order valence-corrected chi connectivity index (χ0v) is 13.2. The number of hydrogen-bond donors (Lipinski definition) is 3. The lowest BCUT2D eigenvalue weighted by atomic mass is 10.1. The van der Waals surface area contributed by atoms with E-state index in [0.29, 0.717) is 22.2 Å². The zero-order valence-electron chi connectivity index (χ0n) is 12.4. The Kier molecular flexibility index (Phi) is 3.90. The van der Waals surface area contributed by atoms with Crippen LogP contribution in [-0.2, 0) is 10.2 Å². The molecule has 0 bridgehead atoms. The van der Waals surface area contributed by atoms with Gasteiger partial charge in [-0.2, -0.15) is 8.42 Å². The molecule has 126 valence electrons. The Morgan fingerprint density at radius 2 is 1.83 bits per heavy atom. The van der Waals surface area contributed by atoms with Gasteiger partial charge in [0.15, 0.2) is 11.6 Å². The third-order valence-electron chi connectivity index (χ3n) is 3.42. The van der Waals surface area contributed by atoms with Gasteiger partial charge >= 0.3 is 0 Å². The average Bonchev–Trinajstić information content (AvgIpc) is 2.89. The highest BCUT2D eigenvalue weighted by Crippen LogP contribution is 2.32. The van der Waals surface area contributed by atoms with Crippen molar-refractivity contribution in [1.29, 1.82) is 0 Å². The van der Waals surface area contributed by atoms with E-state index in [9.17, 15) is 17.2 Å². The molecular weight excluding hydrogens is 340 g/mol. The van der Waals surface area contributed by atoms with Gasteiger partial charge in [0, 0.05) is 28.2 Å². The van der Waals surface area contributed by atoms with Crippen molar-refractivity contribution in [2.75, 3.05) is 11.8 Å². The van der Waals surface area contributed by atoms with E-state index >= 15 is 0 Å². The topological polar surface area (TPSA) is 97.2 Å². The summed E-state index contributed by atoms with van der Waals surface area (Å²) in [4.78, 5) is 2.95. The number of ether oxygens (including phenoxy) is 1. The molecule has 0 unspecified atom stereocenters. The van der Waals surface area contributed by atoms with Gasteiger partial charge in [-0.05, 0) is 30.3 Å². The van der Waals surface area contributed by atoms with Crippen molar-refractivity contribution < 1.29 is 21.9 Å². The van der Waals surface area contributed by atoms with Crippen molar-refractivity contribution in [3.05, 3.63) is 48.0 Å². The largest absolute Gasteiger partial charge is 0.495 e. The van der Waals surface area contributed by atoms with Gasteiger partial charge in [-0.25, -0.2) is 13.9 Å². The van der Waals surface area contributed by atoms with E-state index in [1.807, 2.05) is 0 Å². The van der Waals surface area contributed by atoms with E-state index in [1.54, 1.807) is 18.2 Å². The molecule has 0 spiro atoms. The van der Waals surface area contributed by atoms with Crippen LogP contribution in [0, 0.1) is 11.6 Å². The Labute approximate surface area is 136 Å². The fourth-order valence-electron chi connectivity index (χ4n) is 2.39. The highest BCUT2D eigenvalue weighted by atomic mass is 32.2. The van der Waals surface area contributed by atoms with Crippen LogP contribution in [0.3, 0.4) is 0 Å². The standard InChI is InChI=1S/C15H13F2N3O3S/c1-23-15-3-2-8(5-14(15)20-24(18,21)22)12-6-9-4-10(16)11(17)7-13(9)19-12/h2-7,19-20H,1H3,(H2,18,21,22). The third kappa shape index (κ3) is 3.17. The molecule has 0 atom stereocenters. The van der Waals surface area contributed by atoms with Crippen LogP contribution in [0.2, 0.25) is 0 Å². The van der Waals surface area contributed by atoms with Crippen LogP contribution < -0.4 is 14.6 Å². The number of aromatic nitrogens is 1. The molecule has 1 heterocycles. The summed E-state index contributed by atoms with van der Waals surface area (Å²) in [6.07, 6.45) is 0. The van der Waals surface area contributed by atoms with Crippen LogP contribution in [-0.4, -0.2) is 20.5 Å². The maximum atomic E-state index is 13.3. The average molecular weight is 353 g/mol. The van der Waals surface area contributed by atoms with E-state index in [4.69, 9.17) is 9.88 Å². The Hall–Kier alpha value is -2.65. The molecule has 0 amide bonds. The second kappa shape index (κ2) is 5.77. The molecule has 0 aliphatic rings. The molecule has 3 rings (SSSR count). The SMILES string of the molecule is COc1ccc(-c2cc3cc(F)c(F)cc3[nH]2)cc1NS(N)(=O)=O. The Morgan fingerprint density at radius 1 is 1.12 bits per heavy atom. The Morgan fingerprint density at radius 3 is 2.50 bits per heavy atom. The van der Waals surface area contributed by atoms with Crippen molar-refractivity contribution in [3.63, 3.8) is 0 Å². The fourth-order valence-corrected chi connectivity index (χ4v) is 2.86. The summed E-state index contributed by atoms with van der Waals surface area (Å²) in [5, 5.41) is 5.48. The molecule has 0 radical (unpaired) electrons. The lowest BCUT2D eigenvalue weighted by Gasteiger charge is -2.11. The minimum Gasteiger partial charge on any atom is -0.495 e. The molecule has 4 N–H and O–H groups in total. The zero-order chi connectivity index (χ0) is 17.5. The highest BCUT2D eigenvalue weighted by molar-refractivity contribution is 7.90. The quantitative estimate of drug-likeness (QED) is 0.673. The molecule has 0 aliphatic carbocycles. The molecule has 9 heteroatoms. The molecule has 2 aromatic carbocycles. The lowest BCUT2D eigenvalue weighted by Crippen LogP contribution is -2.22. The van der Waals surface area contributed by atoms with Gasteiger partial charge in [-0.15, -0.1) is 0 Å². The predicted molar refractivity (Wildman–Crippen MR) is 86.9 cm³/mol. The van der Waals surface area contributed by atoms with Crippen molar-refractivity contribution >= 4 is 26.8 Å². The van der Waals surface area contributed by atoms with Crippen LogP contribution in [0.1, 0.15) is 0 Å². The maximum absolute atomic E-state index is 13.3. The van der Waals surface area contributed by atoms with Gasteiger partial charge in [0.05, 0.1) is 12.8 Å². The van der Waals surface area contributed by atoms with Crippen LogP contribution in [0.5, 0.6) is 5.75 Å². The van der Waals surface area contributed by atoms with Crippen LogP contribution in [0.15, 0.2) is 36.4 Å². The number of hydrogen-bond acceptors (Lipinski definition) is 3. The number of rotatable bonds is 4. The molecule has 6 nitrogen and oxygen atoms in total. The minimum atomic E-state index is -3.98. The van der Waals surface area contributed by atoms with E-state index < -0.39 is 21.8 Å². The molecule has 0 aliphatic heterocycles. The number of anilines is 1. The fraction of sp³-hybridized carbons (Fsp3) is 0.0667. The molecule has 0 saturated heterocycles. The number of aromatic amines is 1. The first-order chi connectivity index (χ1) is 11.3. The van der Waals surface area contributed by atoms with Crippen molar-refractivity contribution in [3.8, 4) is 17.0 Å². The van der Waals surface area contributed by atoms with E-state index in [0.717, 1.165) is 12.1 Å². The molecular formula is C15H13F2N3O3S. The van der Waals surface area contributed by atoms with Gasteiger partial charge in [-0.3, -0.25) is 4.72 Å².